The molecule has 27 heavy (non-hydrogen) atoms. The molecule has 2 aliphatic rings. The van der Waals surface area contributed by atoms with E-state index in [9.17, 15) is 9.59 Å². The van der Waals surface area contributed by atoms with Crippen molar-refractivity contribution < 1.29 is 14.3 Å². The number of carbonyl (C=O) groups is 2. The summed E-state index contributed by atoms with van der Waals surface area (Å²) in [6.07, 6.45) is 0. The van der Waals surface area contributed by atoms with Gasteiger partial charge in [-0.1, -0.05) is 0 Å². The predicted molar refractivity (Wildman–Crippen MR) is 113 cm³/mol. The van der Waals surface area contributed by atoms with Gasteiger partial charge in [0.2, 0.25) is 5.91 Å². The fraction of sp³-hybridized carbons (Fsp3) is 0.529. The average Bonchev–Trinajstić information content (AvgIpc) is 3.18. The number of thioether (sulfide) groups is 1. The summed E-state index contributed by atoms with van der Waals surface area (Å²) in [4.78, 5) is 26.5. The number of ether oxygens (including phenoxy) is 1. The van der Waals surface area contributed by atoms with Gasteiger partial charge in [0.15, 0.2) is 0 Å². The van der Waals surface area contributed by atoms with Gasteiger partial charge in [-0.25, -0.2) is 0 Å². The fourth-order valence-electron chi connectivity index (χ4n) is 2.75. The molecular formula is C17H26Cl2N4O3S. The van der Waals surface area contributed by atoms with Crippen molar-refractivity contribution >= 4 is 54.1 Å². The molecule has 3 rings (SSSR count). The lowest BCUT2D eigenvalue weighted by atomic mass is 10.2. The highest BCUT2D eigenvalue weighted by atomic mass is 35.5. The van der Waals surface area contributed by atoms with Crippen LogP contribution in [0.2, 0.25) is 0 Å². The summed E-state index contributed by atoms with van der Waals surface area (Å²) < 4.78 is 5.30. The fourth-order valence-corrected chi connectivity index (χ4v) is 3.69. The molecule has 7 nitrogen and oxygen atoms in total. The van der Waals surface area contributed by atoms with Gasteiger partial charge in [0.05, 0.1) is 19.3 Å². The van der Waals surface area contributed by atoms with Crippen molar-refractivity contribution in [1.82, 2.24) is 15.5 Å². The second-order valence-corrected chi connectivity index (χ2v) is 7.08. The molecular weight excluding hydrogens is 411 g/mol. The zero-order chi connectivity index (χ0) is 17.5. The lowest BCUT2D eigenvalue weighted by Crippen LogP contribution is -2.41. The van der Waals surface area contributed by atoms with Crippen LogP contribution >= 0.6 is 36.6 Å². The first-order valence-electron chi connectivity index (χ1n) is 8.53. The molecule has 1 unspecified atom stereocenters. The van der Waals surface area contributed by atoms with Gasteiger partial charge in [-0.15, -0.1) is 36.6 Å². The van der Waals surface area contributed by atoms with Crippen molar-refractivity contribution in [2.75, 3.05) is 56.3 Å². The van der Waals surface area contributed by atoms with E-state index < -0.39 is 0 Å². The van der Waals surface area contributed by atoms with Crippen molar-refractivity contribution in [2.45, 2.75) is 6.04 Å². The van der Waals surface area contributed by atoms with E-state index in [-0.39, 0.29) is 42.7 Å². The summed E-state index contributed by atoms with van der Waals surface area (Å²) in [6, 6.07) is 6.84. The Balaban J connectivity index is 0.00000182. The Morgan fingerprint density at radius 2 is 1.89 bits per heavy atom. The van der Waals surface area contributed by atoms with Crippen LogP contribution in [0.3, 0.4) is 0 Å². The topological polar surface area (TPSA) is 82.7 Å². The van der Waals surface area contributed by atoms with E-state index in [2.05, 4.69) is 20.9 Å². The molecule has 0 saturated carbocycles. The standard InChI is InChI=1S/C17H24N4O3S.2ClH/c22-16(18-5-6-21-7-9-24-10-8-21)13-1-3-14(4-2-13)20-17(23)15-11-25-12-19-15;;/h1-4,15,19H,5-12H2,(H,18,22)(H,20,23);2*1H. The van der Waals surface area contributed by atoms with Gasteiger partial charge >= 0.3 is 0 Å². The maximum atomic E-state index is 12.2. The summed E-state index contributed by atoms with van der Waals surface area (Å²) in [5, 5.41) is 8.93. The molecule has 0 aliphatic carbocycles. The van der Waals surface area contributed by atoms with E-state index in [0.717, 1.165) is 44.5 Å². The van der Waals surface area contributed by atoms with E-state index in [0.29, 0.717) is 17.8 Å². The predicted octanol–water partition coefficient (Wildman–Crippen LogP) is 1.19. The Morgan fingerprint density at radius 3 is 2.52 bits per heavy atom. The molecule has 1 atom stereocenters. The molecule has 1 aromatic rings. The summed E-state index contributed by atoms with van der Waals surface area (Å²) in [5.74, 6) is 1.46. The highest BCUT2D eigenvalue weighted by Crippen LogP contribution is 2.14. The number of carbonyl (C=O) groups excluding carboxylic acids is 2. The molecule has 10 heteroatoms. The van der Waals surface area contributed by atoms with Crippen molar-refractivity contribution in [3.63, 3.8) is 0 Å². The van der Waals surface area contributed by atoms with Crippen LogP contribution < -0.4 is 16.0 Å². The minimum Gasteiger partial charge on any atom is -0.379 e. The van der Waals surface area contributed by atoms with E-state index in [4.69, 9.17) is 4.74 Å². The molecule has 0 aromatic heterocycles. The highest BCUT2D eigenvalue weighted by molar-refractivity contribution is 7.99. The lowest BCUT2D eigenvalue weighted by molar-refractivity contribution is -0.117. The van der Waals surface area contributed by atoms with Crippen molar-refractivity contribution in [1.29, 1.82) is 0 Å². The zero-order valence-electron chi connectivity index (χ0n) is 14.9. The number of benzene rings is 1. The van der Waals surface area contributed by atoms with Crippen LogP contribution in [0.25, 0.3) is 0 Å². The first-order valence-corrected chi connectivity index (χ1v) is 9.68. The Hall–Kier alpha value is -1.03. The largest absolute Gasteiger partial charge is 0.379 e. The number of nitrogens with one attached hydrogen (secondary N) is 3. The molecule has 3 N–H and O–H groups in total. The molecule has 0 spiro atoms. The summed E-state index contributed by atoms with van der Waals surface area (Å²) in [5.41, 5.74) is 1.29. The van der Waals surface area contributed by atoms with Crippen LogP contribution in [0.5, 0.6) is 0 Å². The van der Waals surface area contributed by atoms with E-state index in [1.165, 1.54) is 0 Å². The van der Waals surface area contributed by atoms with Crippen LogP contribution in [0.1, 0.15) is 10.4 Å². The molecule has 0 radical (unpaired) electrons. The lowest BCUT2D eigenvalue weighted by Gasteiger charge is -2.26. The van der Waals surface area contributed by atoms with Crippen molar-refractivity contribution in [3.8, 4) is 0 Å². The normalized spacial score (nSPS) is 19.5. The number of amides is 2. The molecule has 2 saturated heterocycles. The molecule has 2 heterocycles. The maximum absolute atomic E-state index is 12.2. The van der Waals surface area contributed by atoms with Crippen molar-refractivity contribution in [3.05, 3.63) is 29.8 Å². The summed E-state index contributed by atoms with van der Waals surface area (Å²) >= 11 is 1.71. The first kappa shape index (κ1) is 24.0. The summed E-state index contributed by atoms with van der Waals surface area (Å²) in [7, 11) is 0. The van der Waals surface area contributed by atoms with Crippen molar-refractivity contribution in [2.24, 2.45) is 0 Å². The molecule has 0 bridgehead atoms. The number of morpholine rings is 1. The minimum absolute atomic E-state index is 0. The number of halogens is 2. The molecule has 2 amide bonds. The second kappa shape index (κ2) is 12.4. The van der Waals surface area contributed by atoms with Gasteiger partial charge in [-0.05, 0) is 24.3 Å². The van der Waals surface area contributed by atoms with Gasteiger partial charge in [-0.2, -0.15) is 0 Å². The quantitative estimate of drug-likeness (QED) is 0.621. The Bertz CT molecular complexity index is 594. The molecule has 2 fully saturated rings. The number of nitrogens with zero attached hydrogens (tertiary/aromatic N) is 1. The molecule has 2 aliphatic heterocycles. The highest BCUT2D eigenvalue weighted by Gasteiger charge is 2.22. The van der Waals surface area contributed by atoms with Gasteiger partial charge in [0.1, 0.15) is 0 Å². The van der Waals surface area contributed by atoms with Crippen LogP contribution in [-0.4, -0.2) is 73.8 Å². The van der Waals surface area contributed by atoms with Gasteiger partial charge in [0.25, 0.3) is 5.91 Å². The maximum Gasteiger partial charge on any atom is 0.251 e. The van der Waals surface area contributed by atoms with Crippen LogP contribution in [0, 0.1) is 0 Å². The van der Waals surface area contributed by atoms with Crippen LogP contribution in [0.4, 0.5) is 5.69 Å². The molecule has 1 aromatic carbocycles. The number of anilines is 1. The zero-order valence-corrected chi connectivity index (χ0v) is 17.4. The third-order valence-electron chi connectivity index (χ3n) is 4.26. The number of hydrogen-bond donors (Lipinski definition) is 3. The molecule has 152 valence electrons. The monoisotopic (exact) mass is 436 g/mol. The van der Waals surface area contributed by atoms with Crippen LogP contribution in [-0.2, 0) is 9.53 Å². The average molecular weight is 437 g/mol. The smallest absolute Gasteiger partial charge is 0.251 e. The Morgan fingerprint density at radius 1 is 1.19 bits per heavy atom. The van der Waals surface area contributed by atoms with E-state index in [1.807, 2.05) is 0 Å². The van der Waals surface area contributed by atoms with Gasteiger partial charge in [0, 0.05) is 49.1 Å². The van der Waals surface area contributed by atoms with E-state index >= 15 is 0 Å². The second-order valence-electron chi connectivity index (χ2n) is 6.05. The minimum atomic E-state index is -0.145. The third kappa shape index (κ3) is 7.48. The third-order valence-corrected chi connectivity index (χ3v) is 5.20. The first-order chi connectivity index (χ1) is 12.2. The Kier molecular flexibility index (Phi) is 11.1. The Labute approximate surface area is 176 Å². The number of hydrogen-bond acceptors (Lipinski definition) is 6. The van der Waals surface area contributed by atoms with Crippen LogP contribution in [0.15, 0.2) is 24.3 Å². The van der Waals surface area contributed by atoms with E-state index in [1.54, 1.807) is 36.0 Å². The van der Waals surface area contributed by atoms with Gasteiger partial charge < -0.3 is 15.4 Å². The van der Waals surface area contributed by atoms with Gasteiger partial charge in [-0.3, -0.25) is 19.8 Å². The SMILES string of the molecule is Cl.Cl.O=C(NCCN1CCOCC1)c1ccc(NC(=O)C2CSCN2)cc1. The number of rotatable bonds is 6. The summed E-state index contributed by atoms with van der Waals surface area (Å²) in [6.45, 7) is 4.79.